The molecule has 10 heteroatoms. The predicted molar refractivity (Wildman–Crippen MR) is 138 cm³/mol. The van der Waals surface area contributed by atoms with Gasteiger partial charge in [-0.2, -0.15) is 0 Å². The minimum Gasteiger partial charge on any atom is -0.496 e. The first-order chi connectivity index (χ1) is 16.0. The fourth-order valence-electron chi connectivity index (χ4n) is 3.38. The summed E-state index contributed by atoms with van der Waals surface area (Å²) in [6, 6.07) is 11.6. The molecule has 2 aromatic carbocycles. The molecule has 0 unspecified atom stereocenters. The Morgan fingerprint density at radius 3 is 2.35 bits per heavy atom. The number of aromatic nitrogens is 1. The minimum absolute atomic E-state index is 0.0168. The maximum absolute atomic E-state index is 13.5. The number of nitrogens with zero attached hydrogens (tertiary/aromatic N) is 3. The van der Waals surface area contributed by atoms with Crippen LogP contribution in [0.5, 0.6) is 5.75 Å². The van der Waals surface area contributed by atoms with Gasteiger partial charge in [0.1, 0.15) is 10.4 Å². The lowest BCUT2D eigenvalue weighted by molar-refractivity contribution is 0.102. The second kappa shape index (κ2) is 10.0. The van der Waals surface area contributed by atoms with Gasteiger partial charge in [0.15, 0.2) is 5.82 Å². The van der Waals surface area contributed by atoms with Crippen molar-refractivity contribution >= 4 is 49.7 Å². The number of carbonyl (C=O) groups excluding carboxylic acids is 1. The summed E-state index contributed by atoms with van der Waals surface area (Å²) in [4.78, 5) is 19.5. The topological polar surface area (TPSA) is 93.0 Å². The van der Waals surface area contributed by atoms with Gasteiger partial charge in [0.25, 0.3) is 15.9 Å². The average Bonchev–Trinajstić information content (AvgIpc) is 3.12. The highest BCUT2D eigenvalue weighted by atomic mass is 79.9. The van der Waals surface area contributed by atoms with Crippen molar-refractivity contribution < 1.29 is 17.9 Å². The van der Waals surface area contributed by atoms with Crippen LogP contribution in [0.15, 0.2) is 57.0 Å². The second-order valence-corrected chi connectivity index (χ2v) is 10.6. The molecule has 1 aromatic heterocycles. The van der Waals surface area contributed by atoms with Gasteiger partial charge in [0.05, 0.1) is 29.6 Å². The number of nitrogens with one attached hydrogen (secondary N) is 1. The Morgan fingerprint density at radius 2 is 1.76 bits per heavy atom. The van der Waals surface area contributed by atoms with Gasteiger partial charge in [-0.1, -0.05) is 23.8 Å². The van der Waals surface area contributed by atoms with Crippen molar-refractivity contribution in [2.24, 2.45) is 4.99 Å². The SMILES string of the molecule is COc1ccc(C)c(NC(=O)c2cc(Br)n(S(=O)(=O)c3ccc(C)cc3)c2/N=C/N(C)C)c1C. The number of anilines is 1. The molecule has 0 spiro atoms. The van der Waals surface area contributed by atoms with Crippen LogP contribution < -0.4 is 10.1 Å². The van der Waals surface area contributed by atoms with Crippen molar-refractivity contribution in [3.05, 3.63) is 69.3 Å². The molecule has 1 N–H and O–H groups in total. The van der Waals surface area contributed by atoms with Crippen LogP contribution in [-0.4, -0.2) is 50.7 Å². The molecule has 0 atom stereocenters. The zero-order chi connectivity index (χ0) is 25.2. The molecule has 0 saturated heterocycles. The molecule has 0 aliphatic carbocycles. The van der Waals surface area contributed by atoms with Crippen molar-refractivity contribution in [2.75, 3.05) is 26.5 Å². The van der Waals surface area contributed by atoms with E-state index in [1.165, 1.54) is 24.5 Å². The highest BCUT2D eigenvalue weighted by Gasteiger charge is 2.28. The summed E-state index contributed by atoms with van der Waals surface area (Å²) >= 11 is 3.32. The summed E-state index contributed by atoms with van der Waals surface area (Å²) in [5, 5.41) is 2.90. The molecule has 1 amide bonds. The molecule has 0 saturated carbocycles. The van der Waals surface area contributed by atoms with Gasteiger partial charge in [0, 0.05) is 19.7 Å². The number of carbonyl (C=O) groups is 1. The largest absolute Gasteiger partial charge is 0.496 e. The molecule has 3 aromatic rings. The van der Waals surface area contributed by atoms with E-state index in [2.05, 4.69) is 26.2 Å². The number of aliphatic imine (C=N–C) groups is 1. The molecule has 0 radical (unpaired) electrons. The molecule has 34 heavy (non-hydrogen) atoms. The van der Waals surface area contributed by atoms with Gasteiger partial charge >= 0.3 is 0 Å². The maximum Gasteiger partial charge on any atom is 0.270 e. The van der Waals surface area contributed by atoms with E-state index in [0.29, 0.717) is 11.4 Å². The third-order valence-corrected chi connectivity index (χ3v) is 7.72. The summed E-state index contributed by atoms with van der Waals surface area (Å²) < 4.78 is 33.6. The molecule has 0 aliphatic rings. The molecule has 8 nitrogen and oxygen atoms in total. The molecular formula is C24H27BrN4O4S. The third-order valence-electron chi connectivity index (χ3n) is 5.19. The van der Waals surface area contributed by atoms with E-state index >= 15 is 0 Å². The van der Waals surface area contributed by atoms with Crippen LogP contribution in [0.4, 0.5) is 11.5 Å². The van der Waals surface area contributed by atoms with Crippen LogP contribution in [0, 0.1) is 20.8 Å². The fraction of sp³-hybridized carbons (Fsp3) is 0.250. The van der Waals surface area contributed by atoms with Crippen LogP contribution in [0.2, 0.25) is 0 Å². The standard InChI is InChI=1S/C24H27BrN4O4S/c1-15-7-10-18(11-8-15)34(31,32)29-21(25)13-19(23(29)26-14-28(4)5)24(30)27-22-16(2)9-12-20(33-6)17(22)3/h7-14H,1-6H3,(H,27,30)/b26-14+. The Kier molecular flexibility index (Phi) is 7.52. The summed E-state index contributed by atoms with van der Waals surface area (Å²) in [5.41, 5.74) is 3.23. The number of benzene rings is 2. The minimum atomic E-state index is -4.04. The molecular weight excluding hydrogens is 520 g/mol. The lowest BCUT2D eigenvalue weighted by Crippen LogP contribution is -2.17. The number of ether oxygens (including phenoxy) is 1. The molecule has 0 aliphatic heterocycles. The molecule has 1 heterocycles. The molecule has 180 valence electrons. The van der Waals surface area contributed by atoms with Crippen molar-refractivity contribution in [1.29, 1.82) is 0 Å². The number of hydrogen-bond donors (Lipinski definition) is 1. The van der Waals surface area contributed by atoms with Gasteiger partial charge < -0.3 is 15.0 Å². The van der Waals surface area contributed by atoms with E-state index in [9.17, 15) is 13.2 Å². The van der Waals surface area contributed by atoms with Crippen molar-refractivity contribution in [1.82, 2.24) is 8.87 Å². The Morgan fingerprint density at radius 1 is 1.12 bits per heavy atom. The Labute approximate surface area is 208 Å². The lowest BCUT2D eigenvalue weighted by atomic mass is 10.1. The monoisotopic (exact) mass is 546 g/mol. The molecule has 0 fully saturated rings. The maximum atomic E-state index is 13.5. The molecule has 0 bridgehead atoms. The summed E-state index contributed by atoms with van der Waals surface area (Å²) in [6.07, 6.45) is 1.45. The number of hydrogen-bond acceptors (Lipinski definition) is 5. The van der Waals surface area contributed by atoms with E-state index < -0.39 is 15.9 Å². The number of halogens is 1. The Hall–Kier alpha value is -3.11. The van der Waals surface area contributed by atoms with Crippen molar-refractivity contribution in [3.8, 4) is 5.75 Å². The Bertz CT molecular complexity index is 1360. The van der Waals surface area contributed by atoms with Gasteiger partial charge in [-0.05, 0) is 66.5 Å². The number of amides is 1. The first kappa shape index (κ1) is 25.5. The van der Waals surface area contributed by atoms with Gasteiger partial charge in [-0.25, -0.2) is 17.4 Å². The van der Waals surface area contributed by atoms with Crippen LogP contribution in [0.25, 0.3) is 0 Å². The number of methoxy groups -OCH3 is 1. The van der Waals surface area contributed by atoms with Crippen LogP contribution >= 0.6 is 15.9 Å². The Balaban J connectivity index is 2.16. The predicted octanol–water partition coefficient (Wildman–Crippen LogP) is 4.90. The highest BCUT2D eigenvalue weighted by molar-refractivity contribution is 9.10. The summed E-state index contributed by atoms with van der Waals surface area (Å²) in [7, 11) is 1.03. The molecule has 3 rings (SSSR count). The lowest BCUT2D eigenvalue weighted by Gasteiger charge is -2.15. The fourth-order valence-corrected chi connectivity index (χ4v) is 5.69. The average molecular weight is 547 g/mol. The van der Waals surface area contributed by atoms with E-state index in [1.807, 2.05) is 32.9 Å². The van der Waals surface area contributed by atoms with Crippen LogP contribution in [-0.2, 0) is 10.0 Å². The highest BCUT2D eigenvalue weighted by Crippen LogP contribution is 2.35. The quantitative estimate of drug-likeness (QED) is 0.336. The van der Waals surface area contributed by atoms with Crippen LogP contribution in [0.3, 0.4) is 0 Å². The first-order valence-electron chi connectivity index (χ1n) is 10.4. The van der Waals surface area contributed by atoms with Gasteiger partial charge in [-0.3, -0.25) is 4.79 Å². The van der Waals surface area contributed by atoms with E-state index in [1.54, 1.807) is 38.2 Å². The van der Waals surface area contributed by atoms with E-state index in [4.69, 9.17) is 4.74 Å². The van der Waals surface area contributed by atoms with Gasteiger partial charge in [-0.15, -0.1) is 0 Å². The normalized spacial score (nSPS) is 11.6. The zero-order valence-electron chi connectivity index (χ0n) is 19.9. The van der Waals surface area contributed by atoms with E-state index in [0.717, 1.165) is 20.7 Å². The smallest absolute Gasteiger partial charge is 0.270 e. The number of rotatable bonds is 7. The van der Waals surface area contributed by atoms with Crippen LogP contribution in [0.1, 0.15) is 27.0 Å². The van der Waals surface area contributed by atoms with E-state index in [-0.39, 0.29) is 20.9 Å². The van der Waals surface area contributed by atoms with Gasteiger partial charge in [0.2, 0.25) is 0 Å². The second-order valence-electron chi connectivity index (χ2n) is 8.03. The first-order valence-corrected chi connectivity index (χ1v) is 12.6. The number of aryl methyl sites for hydroxylation is 2. The van der Waals surface area contributed by atoms with Crippen molar-refractivity contribution in [3.63, 3.8) is 0 Å². The van der Waals surface area contributed by atoms with Crippen molar-refractivity contribution in [2.45, 2.75) is 25.7 Å². The summed E-state index contributed by atoms with van der Waals surface area (Å²) in [5.74, 6) is 0.119. The third kappa shape index (κ3) is 5.02. The zero-order valence-corrected chi connectivity index (χ0v) is 22.3. The summed E-state index contributed by atoms with van der Waals surface area (Å²) in [6.45, 7) is 5.59.